The van der Waals surface area contributed by atoms with Crippen LogP contribution in [-0.2, 0) is 48.8 Å². The molecule has 0 saturated carbocycles. The number of likely N-dealkylation sites (tertiary alicyclic amines) is 1. The van der Waals surface area contributed by atoms with Crippen LogP contribution in [0.4, 0.5) is 0 Å². The maximum atomic E-state index is 14.3. The molecular formula is C32H32N4O5. The first-order chi connectivity index (χ1) is 20.0. The lowest BCUT2D eigenvalue weighted by molar-refractivity contribution is -0.156. The third-order valence-corrected chi connectivity index (χ3v) is 7.71. The minimum absolute atomic E-state index is 0.0363. The highest BCUT2D eigenvalue weighted by Crippen LogP contribution is 2.52. The fourth-order valence-electron chi connectivity index (χ4n) is 5.92. The second-order valence-electron chi connectivity index (χ2n) is 10.0. The van der Waals surface area contributed by atoms with Crippen molar-refractivity contribution in [3.63, 3.8) is 0 Å². The highest BCUT2D eigenvalue weighted by Gasteiger charge is 2.62. The Hall–Kier alpha value is -4.79. The summed E-state index contributed by atoms with van der Waals surface area (Å²) in [5.74, 6) is -2.41. The molecular weight excluding hydrogens is 520 g/mol. The average molecular weight is 553 g/mol. The third kappa shape index (κ3) is 5.35. The topological polar surface area (TPSA) is 104 Å². The maximum Gasteiger partial charge on any atom is 0.328 e. The number of aryl methyl sites for hydroxylation is 2. The zero-order chi connectivity index (χ0) is 28.8. The number of benzene rings is 3. The second-order valence-corrected chi connectivity index (χ2v) is 10.0. The Morgan fingerprint density at radius 1 is 0.805 bits per heavy atom. The summed E-state index contributed by atoms with van der Waals surface area (Å²) in [5.41, 5.74) is 1.97. The van der Waals surface area contributed by atoms with Gasteiger partial charge in [-0.2, -0.15) is 0 Å². The Morgan fingerprint density at radius 3 is 1.93 bits per heavy atom. The van der Waals surface area contributed by atoms with Crippen LogP contribution < -0.4 is 0 Å². The number of carbonyl (C=O) groups excluding carboxylic acids is 3. The number of esters is 2. The molecule has 3 aromatic carbocycles. The van der Waals surface area contributed by atoms with Crippen molar-refractivity contribution in [2.45, 2.75) is 37.4 Å². The van der Waals surface area contributed by atoms with Crippen molar-refractivity contribution in [3.05, 3.63) is 120 Å². The summed E-state index contributed by atoms with van der Waals surface area (Å²) in [6.45, 7) is -0.179. The van der Waals surface area contributed by atoms with Crippen LogP contribution >= 0.6 is 0 Å². The number of nitrogens with zero attached hydrogens (tertiary/aromatic N) is 4. The molecule has 9 heteroatoms. The summed E-state index contributed by atoms with van der Waals surface area (Å²) >= 11 is 0. The largest absolute Gasteiger partial charge is 0.469 e. The van der Waals surface area contributed by atoms with Gasteiger partial charge in [0.15, 0.2) is 0 Å². The fourth-order valence-corrected chi connectivity index (χ4v) is 5.92. The summed E-state index contributed by atoms with van der Waals surface area (Å²) in [4.78, 5) is 42.4. The zero-order valence-electron chi connectivity index (χ0n) is 23.1. The molecule has 1 aliphatic heterocycles. The van der Waals surface area contributed by atoms with E-state index in [9.17, 15) is 14.4 Å². The minimum atomic E-state index is -1.33. The quantitative estimate of drug-likeness (QED) is 0.293. The first-order valence-corrected chi connectivity index (χ1v) is 13.5. The number of carbonyl (C=O) groups is 3. The van der Waals surface area contributed by atoms with E-state index in [0.29, 0.717) is 17.5 Å². The van der Waals surface area contributed by atoms with Crippen LogP contribution in [0.1, 0.15) is 28.8 Å². The van der Waals surface area contributed by atoms with Gasteiger partial charge in [-0.25, -0.2) is 9.48 Å². The molecule has 2 heterocycles. The van der Waals surface area contributed by atoms with E-state index in [0.717, 1.165) is 12.1 Å². The lowest BCUT2D eigenvalue weighted by Gasteiger charge is -2.43. The number of ether oxygens (including phenoxy) is 2. The van der Waals surface area contributed by atoms with Crippen molar-refractivity contribution in [1.82, 2.24) is 19.9 Å². The van der Waals surface area contributed by atoms with E-state index in [2.05, 4.69) is 22.4 Å². The van der Waals surface area contributed by atoms with E-state index in [1.807, 2.05) is 78.9 Å². The van der Waals surface area contributed by atoms with Crippen LogP contribution in [0.25, 0.3) is 0 Å². The Morgan fingerprint density at radius 2 is 1.37 bits per heavy atom. The lowest BCUT2D eigenvalue weighted by atomic mass is 9.73. The molecule has 1 fully saturated rings. The predicted molar refractivity (Wildman–Crippen MR) is 150 cm³/mol. The van der Waals surface area contributed by atoms with Crippen molar-refractivity contribution >= 4 is 17.8 Å². The van der Waals surface area contributed by atoms with Crippen LogP contribution in [0.2, 0.25) is 0 Å². The summed E-state index contributed by atoms with van der Waals surface area (Å²) in [6.07, 6.45) is 3.23. The molecule has 1 saturated heterocycles. The van der Waals surface area contributed by atoms with E-state index in [1.54, 1.807) is 6.20 Å². The van der Waals surface area contributed by atoms with Gasteiger partial charge in [0.05, 0.1) is 25.8 Å². The van der Waals surface area contributed by atoms with Crippen LogP contribution in [0, 0.1) is 5.92 Å². The van der Waals surface area contributed by atoms with Gasteiger partial charge in [0.1, 0.15) is 18.1 Å². The number of rotatable bonds is 9. The highest BCUT2D eigenvalue weighted by molar-refractivity contribution is 5.90. The third-order valence-electron chi connectivity index (χ3n) is 7.71. The molecule has 0 unspecified atom stereocenters. The molecule has 0 bridgehead atoms. The normalized spacial score (nSPS) is 17.7. The predicted octanol–water partition coefficient (Wildman–Crippen LogP) is 3.57. The summed E-state index contributed by atoms with van der Waals surface area (Å²) in [5, 5.41) is 8.47. The summed E-state index contributed by atoms with van der Waals surface area (Å²) in [6, 6.07) is 27.6. The molecule has 1 amide bonds. The monoisotopic (exact) mass is 552 g/mol. The van der Waals surface area contributed by atoms with Crippen molar-refractivity contribution < 1.29 is 23.9 Å². The zero-order valence-corrected chi connectivity index (χ0v) is 23.1. The van der Waals surface area contributed by atoms with Crippen molar-refractivity contribution in [3.8, 4) is 0 Å². The number of methoxy groups -OCH3 is 2. The van der Waals surface area contributed by atoms with Crippen molar-refractivity contribution in [1.29, 1.82) is 0 Å². The molecule has 210 valence electrons. The Balaban J connectivity index is 1.56. The van der Waals surface area contributed by atoms with Gasteiger partial charge in [-0.15, -0.1) is 5.10 Å². The van der Waals surface area contributed by atoms with Gasteiger partial charge < -0.3 is 14.4 Å². The van der Waals surface area contributed by atoms with E-state index in [-0.39, 0.29) is 13.0 Å². The molecule has 9 nitrogen and oxygen atoms in total. The molecule has 1 aliphatic rings. The Bertz CT molecular complexity index is 1450. The Kier molecular flexibility index (Phi) is 8.24. The van der Waals surface area contributed by atoms with Gasteiger partial charge >= 0.3 is 11.9 Å². The first kappa shape index (κ1) is 27.8. The average Bonchev–Trinajstić information content (AvgIpc) is 3.63. The molecule has 1 aromatic heterocycles. The standard InChI is InChI=1S/C32H32N4O5/c1-40-30(38)27-20-28(31(39)41-2)36(32(27,24-14-8-4-9-15-24)25-16-10-5-11-17-25)29(37)22-35-21-26(33-34-35)19-18-23-12-6-3-7-13-23/h3-17,21,27-28H,18-20,22H2,1-2H3/t27-,28+/m0/s1. The lowest BCUT2D eigenvalue weighted by Crippen LogP contribution is -2.55. The number of amides is 1. The van der Waals surface area contributed by atoms with Crippen molar-refractivity contribution in [2.24, 2.45) is 5.92 Å². The van der Waals surface area contributed by atoms with Gasteiger partial charge in [0, 0.05) is 6.20 Å². The van der Waals surface area contributed by atoms with Gasteiger partial charge in [-0.3, -0.25) is 9.59 Å². The van der Waals surface area contributed by atoms with E-state index < -0.39 is 35.3 Å². The number of aromatic nitrogens is 3. The van der Waals surface area contributed by atoms with Crippen molar-refractivity contribution in [2.75, 3.05) is 14.2 Å². The molecule has 0 aliphatic carbocycles. The maximum absolute atomic E-state index is 14.3. The van der Waals surface area contributed by atoms with Gasteiger partial charge in [-0.05, 0) is 36.0 Å². The summed E-state index contributed by atoms with van der Waals surface area (Å²) < 4.78 is 11.9. The first-order valence-electron chi connectivity index (χ1n) is 13.5. The molecule has 4 aromatic rings. The SMILES string of the molecule is COC(=O)[C@H]1C[C@@H](C(=O)OC)C(c2ccccc2)(c2ccccc2)N1C(=O)Cn1cc(CCc2ccccc2)nn1. The molecule has 5 rings (SSSR count). The Labute approximate surface area is 238 Å². The van der Waals surface area contributed by atoms with E-state index in [1.165, 1.54) is 29.4 Å². The number of hydrogen-bond acceptors (Lipinski definition) is 7. The van der Waals surface area contributed by atoms with Gasteiger partial charge in [-0.1, -0.05) is 96.2 Å². The smallest absolute Gasteiger partial charge is 0.328 e. The van der Waals surface area contributed by atoms with Gasteiger partial charge in [0.2, 0.25) is 5.91 Å². The molecule has 41 heavy (non-hydrogen) atoms. The minimum Gasteiger partial charge on any atom is -0.469 e. The molecule has 0 spiro atoms. The molecule has 0 radical (unpaired) electrons. The summed E-state index contributed by atoms with van der Waals surface area (Å²) in [7, 11) is 2.59. The second kappa shape index (κ2) is 12.2. The van der Waals surface area contributed by atoms with Crippen LogP contribution in [0.3, 0.4) is 0 Å². The highest BCUT2D eigenvalue weighted by atomic mass is 16.5. The molecule has 0 N–H and O–H groups in total. The van der Waals surface area contributed by atoms with E-state index >= 15 is 0 Å². The van der Waals surface area contributed by atoms with Crippen LogP contribution in [0.5, 0.6) is 0 Å². The van der Waals surface area contributed by atoms with Crippen LogP contribution in [0.15, 0.2) is 97.2 Å². The number of hydrogen-bond donors (Lipinski definition) is 0. The molecule has 2 atom stereocenters. The van der Waals surface area contributed by atoms with Gasteiger partial charge in [0.25, 0.3) is 0 Å². The fraction of sp³-hybridized carbons (Fsp3) is 0.281. The van der Waals surface area contributed by atoms with Crippen LogP contribution in [-0.4, -0.2) is 58.0 Å². The van der Waals surface area contributed by atoms with E-state index in [4.69, 9.17) is 9.47 Å².